The lowest BCUT2D eigenvalue weighted by atomic mass is 10.1. The van der Waals surface area contributed by atoms with Crippen molar-refractivity contribution in [2.75, 3.05) is 13.2 Å². The van der Waals surface area contributed by atoms with Gasteiger partial charge in [0, 0.05) is 17.6 Å². The van der Waals surface area contributed by atoms with Crippen LogP contribution in [0.25, 0.3) is 0 Å². The normalized spacial score (nSPS) is 12.0. The fourth-order valence-electron chi connectivity index (χ4n) is 2.47. The first-order chi connectivity index (χ1) is 12.0. The third-order valence-corrected chi connectivity index (χ3v) is 4.38. The molecule has 0 aliphatic rings. The highest BCUT2D eigenvalue weighted by Crippen LogP contribution is 2.34. The summed E-state index contributed by atoms with van der Waals surface area (Å²) < 4.78 is 12.7. The number of benzene rings is 2. The maximum atomic E-state index is 9.36. The predicted molar refractivity (Wildman–Crippen MR) is 104 cm³/mol. The summed E-state index contributed by atoms with van der Waals surface area (Å²) in [5.74, 6) is 1.45. The van der Waals surface area contributed by atoms with Gasteiger partial charge < -0.3 is 19.9 Å². The molecule has 25 heavy (non-hydrogen) atoms. The summed E-state index contributed by atoms with van der Waals surface area (Å²) in [5, 5.41) is 12.6. The van der Waals surface area contributed by atoms with E-state index in [1.807, 2.05) is 25.1 Å². The minimum absolute atomic E-state index is 0.373. The number of aliphatic hydroxyl groups excluding tert-OH is 1. The monoisotopic (exact) mass is 407 g/mol. The summed E-state index contributed by atoms with van der Waals surface area (Å²) in [6.07, 6.45) is -0.373. The molecule has 2 aromatic carbocycles. The maximum Gasteiger partial charge on any atom is 0.162 e. The van der Waals surface area contributed by atoms with Crippen molar-refractivity contribution < 1.29 is 14.6 Å². The van der Waals surface area contributed by atoms with E-state index in [0.717, 1.165) is 27.1 Å². The van der Waals surface area contributed by atoms with Gasteiger partial charge in [0.15, 0.2) is 11.5 Å². The first-order valence-corrected chi connectivity index (χ1v) is 9.31. The van der Waals surface area contributed by atoms with Gasteiger partial charge in [0.2, 0.25) is 0 Å². The van der Waals surface area contributed by atoms with E-state index in [-0.39, 0.29) is 6.10 Å². The van der Waals surface area contributed by atoms with Crippen LogP contribution in [0.1, 0.15) is 30.5 Å². The van der Waals surface area contributed by atoms with E-state index in [1.54, 1.807) is 6.92 Å². The Hall–Kier alpha value is -1.56. The van der Waals surface area contributed by atoms with Crippen molar-refractivity contribution in [1.29, 1.82) is 0 Å². The van der Waals surface area contributed by atoms with Gasteiger partial charge >= 0.3 is 0 Å². The molecule has 0 aliphatic heterocycles. The summed E-state index contributed by atoms with van der Waals surface area (Å²) in [5.41, 5.74) is 3.40. The number of aryl methyl sites for hydroxylation is 1. The van der Waals surface area contributed by atoms with Crippen LogP contribution in [0.3, 0.4) is 0 Å². The van der Waals surface area contributed by atoms with Crippen LogP contribution in [0.5, 0.6) is 11.5 Å². The van der Waals surface area contributed by atoms with Gasteiger partial charge in [0.05, 0.1) is 12.7 Å². The third-order valence-electron chi connectivity index (χ3n) is 3.64. The zero-order chi connectivity index (χ0) is 18.2. The SMILES string of the molecule is CCOc1cc(CNCC(C)O)c(Br)cc1OCc1cccc(C)c1. The van der Waals surface area contributed by atoms with Gasteiger partial charge in [-0.3, -0.25) is 0 Å². The molecule has 1 unspecified atom stereocenters. The molecule has 5 heteroatoms. The van der Waals surface area contributed by atoms with Crippen LogP contribution in [0.15, 0.2) is 40.9 Å². The molecule has 2 rings (SSSR count). The third kappa shape index (κ3) is 6.34. The van der Waals surface area contributed by atoms with Crippen LogP contribution in [-0.4, -0.2) is 24.4 Å². The van der Waals surface area contributed by atoms with Crippen molar-refractivity contribution in [1.82, 2.24) is 5.32 Å². The highest BCUT2D eigenvalue weighted by Gasteiger charge is 2.11. The molecule has 2 N–H and O–H groups in total. The Balaban J connectivity index is 2.12. The maximum absolute atomic E-state index is 9.36. The number of halogens is 1. The van der Waals surface area contributed by atoms with Crippen molar-refractivity contribution in [3.8, 4) is 11.5 Å². The minimum atomic E-state index is -0.373. The lowest BCUT2D eigenvalue weighted by Crippen LogP contribution is -2.24. The van der Waals surface area contributed by atoms with Gasteiger partial charge in [-0.15, -0.1) is 0 Å². The van der Waals surface area contributed by atoms with Crippen LogP contribution in [-0.2, 0) is 13.2 Å². The van der Waals surface area contributed by atoms with E-state index in [9.17, 15) is 5.11 Å². The number of rotatable bonds is 9. The van der Waals surface area contributed by atoms with Crippen molar-refractivity contribution in [2.24, 2.45) is 0 Å². The second kappa shape index (κ2) is 9.80. The van der Waals surface area contributed by atoms with Gasteiger partial charge in [0.1, 0.15) is 6.61 Å². The van der Waals surface area contributed by atoms with Gasteiger partial charge in [-0.2, -0.15) is 0 Å². The second-order valence-corrected chi connectivity index (χ2v) is 6.94. The van der Waals surface area contributed by atoms with E-state index in [1.165, 1.54) is 5.56 Å². The summed E-state index contributed by atoms with van der Waals surface area (Å²) in [6, 6.07) is 12.2. The quantitative estimate of drug-likeness (QED) is 0.653. The first-order valence-electron chi connectivity index (χ1n) is 8.52. The fourth-order valence-corrected chi connectivity index (χ4v) is 2.94. The number of nitrogens with one attached hydrogen (secondary N) is 1. The largest absolute Gasteiger partial charge is 0.490 e. The Morgan fingerprint density at radius 3 is 2.60 bits per heavy atom. The summed E-state index contributed by atoms with van der Waals surface area (Å²) in [7, 11) is 0. The molecule has 136 valence electrons. The Morgan fingerprint density at radius 2 is 1.92 bits per heavy atom. The molecule has 4 nitrogen and oxygen atoms in total. The highest BCUT2D eigenvalue weighted by atomic mass is 79.9. The van der Waals surface area contributed by atoms with Gasteiger partial charge in [-0.05, 0) is 44.0 Å². The van der Waals surface area contributed by atoms with Crippen molar-refractivity contribution >= 4 is 15.9 Å². The molecule has 0 amide bonds. The molecule has 0 saturated heterocycles. The van der Waals surface area contributed by atoms with E-state index in [2.05, 4.69) is 46.4 Å². The Labute approximate surface area is 158 Å². The average Bonchev–Trinajstić information content (AvgIpc) is 2.56. The standard InChI is InChI=1S/C20H26BrNO3/c1-4-24-19-9-17(12-22-11-15(3)23)18(21)10-20(19)25-13-16-7-5-6-14(2)8-16/h5-10,15,22-23H,4,11-13H2,1-3H3. The van der Waals surface area contributed by atoms with Crippen molar-refractivity contribution in [3.05, 3.63) is 57.6 Å². The predicted octanol–water partition coefficient (Wildman–Crippen LogP) is 4.21. The van der Waals surface area contributed by atoms with Gasteiger partial charge in [-0.1, -0.05) is 45.8 Å². The number of hydrogen-bond acceptors (Lipinski definition) is 4. The second-order valence-electron chi connectivity index (χ2n) is 6.08. The van der Waals surface area contributed by atoms with E-state index in [4.69, 9.17) is 9.47 Å². The molecular weight excluding hydrogens is 382 g/mol. The Bertz CT molecular complexity index is 689. The molecule has 0 heterocycles. The Morgan fingerprint density at radius 1 is 1.16 bits per heavy atom. The van der Waals surface area contributed by atoms with Gasteiger partial charge in [0.25, 0.3) is 0 Å². The van der Waals surface area contributed by atoms with Crippen LogP contribution < -0.4 is 14.8 Å². The zero-order valence-electron chi connectivity index (χ0n) is 15.0. The Kier molecular flexibility index (Phi) is 7.75. The molecule has 0 fully saturated rings. The lowest BCUT2D eigenvalue weighted by molar-refractivity contribution is 0.191. The minimum Gasteiger partial charge on any atom is -0.490 e. The molecule has 0 bridgehead atoms. The van der Waals surface area contributed by atoms with Crippen molar-refractivity contribution in [2.45, 2.75) is 40.0 Å². The molecule has 1 atom stereocenters. The van der Waals surface area contributed by atoms with Crippen LogP contribution in [0, 0.1) is 6.92 Å². The van der Waals surface area contributed by atoms with Crippen molar-refractivity contribution in [3.63, 3.8) is 0 Å². The van der Waals surface area contributed by atoms with E-state index in [0.29, 0.717) is 26.3 Å². The molecule has 0 aliphatic carbocycles. The van der Waals surface area contributed by atoms with Crippen LogP contribution in [0.4, 0.5) is 0 Å². The summed E-state index contributed by atoms with van der Waals surface area (Å²) in [6.45, 7) is 8.04. The van der Waals surface area contributed by atoms with Gasteiger partial charge in [-0.25, -0.2) is 0 Å². The zero-order valence-corrected chi connectivity index (χ0v) is 16.6. The smallest absolute Gasteiger partial charge is 0.162 e. The molecule has 0 radical (unpaired) electrons. The fraction of sp³-hybridized carbons (Fsp3) is 0.400. The molecular formula is C20H26BrNO3. The number of aliphatic hydroxyl groups is 1. The van der Waals surface area contributed by atoms with Crippen LogP contribution >= 0.6 is 15.9 Å². The molecule has 0 aromatic heterocycles. The molecule has 0 spiro atoms. The van der Waals surface area contributed by atoms with E-state index >= 15 is 0 Å². The summed E-state index contributed by atoms with van der Waals surface area (Å²) in [4.78, 5) is 0. The highest BCUT2D eigenvalue weighted by molar-refractivity contribution is 9.10. The molecule has 0 saturated carbocycles. The topological polar surface area (TPSA) is 50.7 Å². The van der Waals surface area contributed by atoms with E-state index < -0.39 is 0 Å². The lowest BCUT2D eigenvalue weighted by Gasteiger charge is -2.16. The molecule has 2 aromatic rings. The first kappa shape index (κ1) is 19.8. The van der Waals surface area contributed by atoms with Crippen LogP contribution in [0.2, 0.25) is 0 Å². The number of hydrogen-bond donors (Lipinski definition) is 2. The summed E-state index contributed by atoms with van der Waals surface area (Å²) >= 11 is 3.60. The number of ether oxygens (including phenoxy) is 2. The average molecular weight is 408 g/mol.